The molecule has 2 aromatic carbocycles. The molecule has 0 aliphatic carbocycles. The summed E-state index contributed by atoms with van der Waals surface area (Å²) in [4.78, 5) is 17.7. The molecule has 8 nitrogen and oxygen atoms in total. The molecule has 0 radical (unpaired) electrons. The van der Waals surface area contributed by atoms with Crippen molar-refractivity contribution in [3.8, 4) is 17.0 Å². The standard InChI is InChI=1S/C28H30F2N6O2/c29-22-7-6-18(12-25(22)34-10-8-17(16-37)9-11-34)36-19-4-5-20(36)15-35(14-19)26-13-24(32-33-28(26)31)21-2-1-3-23(30)27(21)38/h1-3,6-7,12-13,16-17,19-20,38H,4-5,8-11,14-15H2,(H2,31,33). The van der Waals surface area contributed by atoms with Gasteiger partial charge in [-0.1, -0.05) is 6.07 Å². The van der Waals surface area contributed by atoms with E-state index in [0.29, 0.717) is 43.2 Å². The van der Waals surface area contributed by atoms with Gasteiger partial charge in [-0.2, -0.15) is 0 Å². The van der Waals surface area contributed by atoms with Gasteiger partial charge in [-0.05, 0) is 62.1 Å². The smallest absolute Gasteiger partial charge is 0.169 e. The third-order valence-corrected chi connectivity index (χ3v) is 8.19. The maximum atomic E-state index is 14.9. The molecule has 2 atom stereocenters. The quantitative estimate of drug-likeness (QED) is 0.488. The molecule has 3 aliphatic rings. The molecule has 0 spiro atoms. The highest BCUT2D eigenvalue weighted by Gasteiger charge is 2.41. The molecular weight excluding hydrogens is 490 g/mol. The van der Waals surface area contributed by atoms with E-state index >= 15 is 0 Å². The summed E-state index contributed by atoms with van der Waals surface area (Å²) in [5.41, 5.74) is 9.13. The van der Waals surface area contributed by atoms with Gasteiger partial charge < -0.3 is 30.3 Å². The monoisotopic (exact) mass is 520 g/mol. The minimum Gasteiger partial charge on any atom is -0.504 e. The number of hydrogen-bond acceptors (Lipinski definition) is 8. The molecule has 3 N–H and O–H groups in total. The number of phenols is 1. The van der Waals surface area contributed by atoms with Crippen LogP contribution < -0.4 is 20.4 Å². The first-order chi connectivity index (χ1) is 18.4. The topological polar surface area (TPSA) is 98.8 Å². The number of aromatic hydroxyl groups is 1. The number of rotatable bonds is 5. The van der Waals surface area contributed by atoms with E-state index in [1.54, 1.807) is 18.2 Å². The van der Waals surface area contributed by atoms with Gasteiger partial charge in [0.25, 0.3) is 0 Å². The van der Waals surface area contributed by atoms with E-state index in [1.807, 2.05) is 17.0 Å². The Morgan fingerprint density at radius 2 is 1.63 bits per heavy atom. The Labute approximate surface area is 219 Å². The third kappa shape index (κ3) is 4.27. The summed E-state index contributed by atoms with van der Waals surface area (Å²) in [6, 6.07) is 11.8. The maximum Gasteiger partial charge on any atom is 0.169 e. The zero-order valence-corrected chi connectivity index (χ0v) is 20.9. The molecule has 198 valence electrons. The number of halogens is 2. The van der Waals surface area contributed by atoms with Gasteiger partial charge in [0, 0.05) is 55.4 Å². The van der Waals surface area contributed by atoms with E-state index in [2.05, 4.69) is 20.0 Å². The number of anilines is 4. The van der Waals surface area contributed by atoms with Gasteiger partial charge in [-0.25, -0.2) is 8.78 Å². The van der Waals surface area contributed by atoms with Crippen LogP contribution in [0, 0.1) is 17.6 Å². The van der Waals surface area contributed by atoms with E-state index < -0.39 is 11.6 Å². The number of carbonyl (C=O) groups is 1. The summed E-state index contributed by atoms with van der Waals surface area (Å²) in [5.74, 6) is -1.10. The number of phenolic OH excluding ortho intramolecular Hbond substituents is 1. The summed E-state index contributed by atoms with van der Waals surface area (Å²) < 4.78 is 28.8. The highest BCUT2D eigenvalue weighted by atomic mass is 19.1. The zero-order chi connectivity index (χ0) is 26.4. The first-order valence-electron chi connectivity index (χ1n) is 13.1. The first-order valence-corrected chi connectivity index (χ1v) is 13.1. The van der Waals surface area contributed by atoms with Crippen LogP contribution in [0.25, 0.3) is 11.3 Å². The van der Waals surface area contributed by atoms with Crippen LogP contribution in [-0.2, 0) is 4.79 Å². The van der Waals surface area contributed by atoms with Gasteiger partial charge >= 0.3 is 0 Å². The fraction of sp³-hybridized carbons (Fsp3) is 0.393. The Morgan fingerprint density at radius 3 is 2.34 bits per heavy atom. The Kier molecular flexibility index (Phi) is 6.25. The van der Waals surface area contributed by atoms with E-state index in [9.17, 15) is 18.7 Å². The molecule has 3 fully saturated rings. The Bertz CT molecular complexity index is 1350. The summed E-state index contributed by atoms with van der Waals surface area (Å²) in [7, 11) is 0. The maximum absolute atomic E-state index is 14.9. The van der Waals surface area contributed by atoms with E-state index in [4.69, 9.17) is 5.73 Å². The van der Waals surface area contributed by atoms with Crippen molar-refractivity contribution in [1.29, 1.82) is 0 Å². The van der Waals surface area contributed by atoms with Crippen LogP contribution in [0.3, 0.4) is 0 Å². The predicted octanol–water partition coefficient (Wildman–Crippen LogP) is 3.98. The van der Waals surface area contributed by atoms with Crippen molar-refractivity contribution in [2.45, 2.75) is 37.8 Å². The minimum atomic E-state index is -0.721. The number of fused-ring (bicyclic) bond motifs is 2. The molecular formula is C28H30F2N6O2. The van der Waals surface area contributed by atoms with Gasteiger partial charge in [0.2, 0.25) is 0 Å². The normalized spacial score (nSPS) is 21.7. The SMILES string of the molecule is Nc1nnc(-c2cccc(F)c2O)cc1N1CC2CCC(C1)N2c1ccc(F)c(N2CCC(C=O)CC2)c1. The number of piperidine rings is 1. The molecule has 0 saturated carbocycles. The second-order valence-electron chi connectivity index (χ2n) is 10.4. The van der Waals surface area contributed by atoms with Crippen molar-refractivity contribution in [1.82, 2.24) is 10.2 Å². The predicted molar refractivity (Wildman–Crippen MR) is 142 cm³/mol. The number of benzene rings is 2. The van der Waals surface area contributed by atoms with Crippen molar-refractivity contribution in [2.75, 3.05) is 46.6 Å². The number of piperazine rings is 1. The number of carbonyl (C=O) groups excluding carboxylic acids is 1. The molecule has 38 heavy (non-hydrogen) atoms. The van der Waals surface area contributed by atoms with Crippen molar-refractivity contribution in [2.24, 2.45) is 5.92 Å². The van der Waals surface area contributed by atoms with E-state index in [1.165, 1.54) is 12.1 Å². The third-order valence-electron chi connectivity index (χ3n) is 8.19. The molecule has 6 rings (SSSR count). The summed E-state index contributed by atoms with van der Waals surface area (Å²) in [6.07, 6.45) is 4.49. The molecule has 3 saturated heterocycles. The number of nitrogens with zero attached hydrogens (tertiary/aromatic N) is 5. The molecule has 3 aliphatic heterocycles. The average molecular weight is 521 g/mol. The molecule has 10 heteroatoms. The van der Waals surface area contributed by atoms with Crippen LogP contribution in [0.2, 0.25) is 0 Å². The second kappa shape index (κ2) is 9.74. The van der Waals surface area contributed by atoms with Crippen LogP contribution in [0.5, 0.6) is 5.75 Å². The second-order valence-corrected chi connectivity index (χ2v) is 10.4. The lowest BCUT2D eigenvalue weighted by molar-refractivity contribution is -0.111. The molecule has 2 bridgehead atoms. The number of nitrogen functional groups attached to an aromatic ring is 1. The molecule has 3 aromatic rings. The number of para-hydroxylation sites is 1. The molecule has 4 heterocycles. The average Bonchev–Trinajstić information content (AvgIpc) is 3.20. The van der Waals surface area contributed by atoms with Gasteiger partial charge in [0.05, 0.1) is 17.1 Å². The van der Waals surface area contributed by atoms with E-state index in [0.717, 1.165) is 37.7 Å². The van der Waals surface area contributed by atoms with Crippen LogP contribution >= 0.6 is 0 Å². The first kappa shape index (κ1) is 24.4. The fourth-order valence-corrected chi connectivity index (χ4v) is 6.20. The molecule has 2 unspecified atom stereocenters. The molecule has 0 amide bonds. The fourth-order valence-electron chi connectivity index (χ4n) is 6.20. The highest BCUT2D eigenvalue weighted by molar-refractivity contribution is 5.75. The lowest BCUT2D eigenvalue weighted by Gasteiger charge is -2.44. The number of aldehydes is 1. The Balaban J connectivity index is 1.24. The highest BCUT2D eigenvalue weighted by Crippen LogP contribution is 2.40. The van der Waals surface area contributed by atoms with Gasteiger partial charge in [0.15, 0.2) is 17.4 Å². The van der Waals surface area contributed by atoms with Crippen molar-refractivity contribution < 1.29 is 18.7 Å². The van der Waals surface area contributed by atoms with Crippen LogP contribution in [0.4, 0.5) is 31.7 Å². The Morgan fingerprint density at radius 1 is 0.895 bits per heavy atom. The number of hydrogen-bond donors (Lipinski definition) is 2. The minimum absolute atomic E-state index is 0.0573. The van der Waals surface area contributed by atoms with Crippen LogP contribution in [-0.4, -0.2) is 59.9 Å². The number of nitrogens with two attached hydrogens (primary N) is 1. The summed E-state index contributed by atoms with van der Waals surface area (Å²) >= 11 is 0. The largest absolute Gasteiger partial charge is 0.504 e. The van der Waals surface area contributed by atoms with E-state index in [-0.39, 0.29) is 35.2 Å². The summed E-state index contributed by atoms with van der Waals surface area (Å²) in [6.45, 7) is 2.72. The van der Waals surface area contributed by atoms with Crippen molar-refractivity contribution >= 4 is 29.2 Å². The Hall–Kier alpha value is -3.95. The van der Waals surface area contributed by atoms with Crippen LogP contribution in [0.15, 0.2) is 42.5 Å². The van der Waals surface area contributed by atoms with Gasteiger partial charge in [0.1, 0.15) is 12.1 Å². The van der Waals surface area contributed by atoms with Gasteiger partial charge in [-0.3, -0.25) is 0 Å². The van der Waals surface area contributed by atoms with Crippen molar-refractivity contribution in [3.05, 3.63) is 54.1 Å². The molecule has 1 aromatic heterocycles. The number of aromatic nitrogens is 2. The van der Waals surface area contributed by atoms with Crippen LogP contribution in [0.1, 0.15) is 25.7 Å². The lowest BCUT2D eigenvalue weighted by Crippen LogP contribution is -2.54. The van der Waals surface area contributed by atoms with Gasteiger partial charge in [-0.15, -0.1) is 10.2 Å². The summed E-state index contributed by atoms with van der Waals surface area (Å²) in [5, 5.41) is 18.4. The zero-order valence-electron chi connectivity index (χ0n) is 20.9. The lowest BCUT2D eigenvalue weighted by atomic mass is 9.98. The van der Waals surface area contributed by atoms with Crippen molar-refractivity contribution in [3.63, 3.8) is 0 Å².